The molecule has 2 aromatic rings. The summed E-state index contributed by atoms with van der Waals surface area (Å²) in [4.78, 5) is 17.9. The van der Waals surface area contributed by atoms with Crippen LogP contribution < -0.4 is 4.90 Å². The van der Waals surface area contributed by atoms with Gasteiger partial charge in [-0.3, -0.25) is 4.79 Å². The summed E-state index contributed by atoms with van der Waals surface area (Å²) in [6, 6.07) is 16.5. The third kappa shape index (κ3) is 3.49. The Balaban J connectivity index is 1.48. The largest absolute Gasteiger partial charge is 0.370 e. The Morgan fingerprint density at radius 2 is 1.64 bits per heavy atom. The van der Waals surface area contributed by atoms with Crippen LogP contribution in [0.2, 0.25) is 0 Å². The lowest BCUT2D eigenvalue weighted by Gasteiger charge is -2.27. The van der Waals surface area contributed by atoms with Crippen molar-refractivity contribution in [1.29, 1.82) is 5.26 Å². The van der Waals surface area contributed by atoms with Crippen LogP contribution in [0.3, 0.4) is 0 Å². The number of hydrogen-bond acceptors (Lipinski definition) is 3. The van der Waals surface area contributed by atoms with Gasteiger partial charge in [0.15, 0.2) is 0 Å². The summed E-state index contributed by atoms with van der Waals surface area (Å²) >= 11 is 0. The number of rotatable bonds is 3. The van der Waals surface area contributed by atoms with E-state index in [1.54, 1.807) is 0 Å². The van der Waals surface area contributed by atoms with Crippen molar-refractivity contribution < 1.29 is 4.79 Å². The maximum absolute atomic E-state index is 13.5. The molecule has 0 spiro atoms. The summed E-state index contributed by atoms with van der Waals surface area (Å²) in [6.45, 7) is 7.56. The van der Waals surface area contributed by atoms with Crippen LogP contribution in [0.1, 0.15) is 41.5 Å². The van der Waals surface area contributed by atoms with Gasteiger partial charge in [-0.1, -0.05) is 29.3 Å². The van der Waals surface area contributed by atoms with E-state index in [9.17, 15) is 4.79 Å². The van der Waals surface area contributed by atoms with Crippen LogP contribution in [0.4, 0.5) is 5.69 Å². The highest BCUT2D eigenvalue weighted by molar-refractivity contribution is 5.91. The molecule has 1 heterocycles. The number of nitriles is 1. The van der Waals surface area contributed by atoms with E-state index >= 15 is 0 Å². The van der Waals surface area contributed by atoms with Gasteiger partial charge in [-0.05, 0) is 62.9 Å². The van der Waals surface area contributed by atoms with Crippen molar-refractivity contribution in [3.05, 3.63) is 64.7 Å². The molecule has 0 aromatic heterocycles. The van der Waals surface area contributed by atoms with E-state index in [2.05, 4.69) is 47.9 Å². The van der Waals surface area contributed by atoms with E-state index < -0.39 is 0 Å². The maximum Gasteiger partial charge on any atom is 0.233 e. The Kier molecular flexibility index (Phi) is 4.85. The SMILES string of the molecule is Cc1cc(C)cc(C2(C(=O)N3CCCN(c4ccc(C#N)cc4)CC3)CC2)c1. The molecule has 4 nitrogen and oxygen atoms in total. The molecule has 2 aliphatic rings. The van der Waals surface area contributed by atoms with Crippen LogP contribution in [0.15, 0.2) is 42.5 Å². The van der Waals surface area contributed by atoms with E-state index in [4.69, 9.17) is 5.26 Å². The topological polar surface area (TPSA) is 47.3 Å². The Hall–Kier alpha value is -2.80. The molecular weight excluding hydrogens is 346 g/mol. The third-order valence-electron chi connectivity index (χ3n) is 6.08. The van der Waals surface area contributed by atoms with E-state index in [1.165, 1.54) is 16.7 Å². The van der Waals surface area contributed by atoms with Crippen molar-refractivity contribution in [2.45, 2.75) is 38.5 Å². The lowest BCUT2D eigenvalue weighted by Crippen LogP contribution is -2.41. The fourth-order valence-electron chi connectivity index (χ4n) is 4.43. The zero-order valence-electron chi connectivity index (χ0n) is 16.7. The molecule has 144 valence electrons. The predicted octanol–water partition coefficient (Wildman–Crippen LogP) is 3.95. The zero-order valence-corrected chi connectivity index (χ0v) is 16.7. The lowest BCUT2D eigenvalue weighted by atomic mass is 9.91. The minimum Gasteiger partial charge on any atom is -0.370 e. The Morgan fingerprint density at radius 3 is 2.25 bits per heavy atom. The molecule has 0 atom stereocenters. The number of hydrogen-bond donors (Lipinski definition) is 0. The molecule has 4 rings (SSSR count). The van der Waals surface area contributed by atoms with Gasteiger partial charge in [0.05, 0.1) is 17.0 Å². The van der Waals surface area contributed by atoms with Crippen LogP contribution in [0.5, 0.6) is 0 Å². The molecule has 0 N–H and O–H groups in total. The predicted molar refractivity (Wildman–Crippen MR) is 111 cm³/mol. The van der Waals surface area contributed by atoms with Gasteiger partial charge in [0.2, 0.25) is 5.91 Å². The summed E-state index contributed by atoms with van der Waals surface area (Å²) in [6.07, 6.45) is 2.89. The second-order valence-electron chi connectivity index (χ2n) is 8.25. The average Bonchev–Trinajstić information content (AvgIpc) is 3.51. The minimum atomic E-state index is -0.291. The van der Waals surface area contributed by atoms with Crippen molar-refractivity contribution in [2.75, 3.05) is 31.1 Å². The fourth-order valence-corrected chi connectivity index (χ4v) is 4.43. The lowest BCUT2D eigenvalue weighted by molar-refractivity contribution is -0.133. The van der Waals surface area contributed by atoms with Crippen molar-refractivity contribution in [1.82, 2.24) is 4.90 Å². The maximum atomic E-state index is 13.5. The highest BCUT2D eigenvalue weighted by Gasteiger charge is 2.53. The molecular formula is C24H27N3O. The van der Waals surface area contributed by atoms with Gasteiger partial charge >= 0.3 is 0 Å². The molecule has 1 saturated carbocycles. The molecule has 1 aliphatic carbocycles. The van der Waals surface area contributed by atoms with Gasteiger partial charge in [0.1, 0.15) is 0 Å². The second kappa shape index (κ2) is 7.31. The molecule has 1 aliphatic heterocycles. The third-order valence-corrected chi connectivity index (χ3v) is 6.08. The molecule has 0 bridgehead atoms. The smallest absolute Gasteiger partial charge is 0.233 e. The summed E-state index contributed by atoms with van der Waals surface area (Å²) in [7, 11) is 0. The molecule has 0 unspecified atom stereocenters. The van der Waals surface area contributed by atoms with Gasteiger partial charge in [-0.2, -0.15) is 5.26 Å². The number of carbonyl (C=O) groups excluding carboxylic acids is 1. The Morgan fingerprint density at radius 1 is 0.964 bits per heavy atom. The first-order chi connectivity index (χ1) is 13.5. The number of aryl methyl sites for hydroxylation is 2. The first-order valence-corrected chi connectivity index (χ1v) is 10.2. The molecule has 0 radical (unpaired) electrons. The standard InChI is InChI=1S/C24H27N3O/c1-18-14-19(2)16-21(15-18)24(8-9-24)23(28)27-11-3-10-26(12-13-27)22-6-4-20(17-25)5-7-22/h4-7,14-16H,3,8-13H2,1-2H3. The van der Waals surface area contributed by atoms with Crippen LogP contribution in [0, 0.1) is 25.2 Å². The van der Waals surface area contributed by atoms with Crippen LogP contribution in [-0.4, -0.2) is 37.0 Å². The number of carbonyl (C=O) groups is 1. The van der Waals surface area contributed by atoms with Gasteiger partial charge in [-0.15, -0.1) is 0 Å². The molecule has 4 heteroatoms. The number of nitrogens with zero attached hydrogens (tertiary/aromatic N) is 3. The van der Waals surface area contributed by atoms with E-state index in [1.807, 2.05) is 24.3 Å². The molecule has 28 heavy (non-hydrogen) atoms. The second-order valence-corrected chi connectivity index (χ2v) is 8.25. The quantitative estimate of drug-likeness (QED) is 0.819. The van der Waals surface area contributed by atoms with Crippen LogP contribution in [-0.2, 0) is 10.2 Å². The van der Waals surface area contributed by atoms with Crippen molar-refractivity contribution in [3.63, 3.8) is 0 Å². The Labute approximate surface area is 167 Å². The van der Waals surface area contributed by atoms with Crippen LogP contribution >= 0.6 is 0 Å². The zero-order chi connectivity index (χ0) is 19.7. The molecule has 1 amide bonds. The van der Waals surface area contributed by atoms with Gasteiger partial charge < -0.3 is 9.80 Å². The average molecular weight is 374 g/mol. The van der Waals surface area contributed by atoms with Gasteiger partial charge in [0.25, 0.3) is 0 Å². The van der Waals surface area contributed by atoms with Crippen molar-refractivity contribution in [2.24, 2.45) is 0 Å². The van der Waals surface area contributed by atoms with Crippen molar-refractivity contribution in [3.8, 4) is 6.07 Å². The summed E-state index contributed by atoms with van der Waals surface area (Å²) in [5.41, 5.74) is 5.18. The summed E-state index contributed by atoms with van der Waals surface area (Å²) in [5.74, 6) is 0.305. The number of amides is 1. The number of benzene rings is 2. The number of anilines is 1. The van der Waals surface area contributed by atoms with Crippen molar-refractivity contribution >= 4 is 11.6 Å². The highest BCUT2D eigenvalue weighted by Crippen LogP contribution is 2.50. The molecule has 2 fully saturated rings. The molecule has 2 aromatic carbocycles. The minimum absolute atomic E-state index is 0.291. The van der Waals surface area contributed by atoms with Crippen LogP contribution in [0.25, 0.3) is 0 Å². The normalized spacial score (nSPS) is 18.3. The van der Waals surface area contributed by atoms with E-state index in [-0.39, 0.29) is 5.41 Å². The summed E-state index contributed by atoms with van der Waals surface area (Å²) < 4.78 is 0. The Bertz CT molecular complexity index is 902. The fraction of sp³-hybridized carbons (Fsp3) is 0.417. The van der Waals surface area contributed by atoms with Gasteiger partial charge in [-0.25, -0.2) is 0 Å². The first-order valence-electron chi connectivity index (χ1n) is 10.2. The van der Waals surface area contributed by atoms with Gasteiger partial charge in [0, 0.05) is 31.9 Å². The first kappa shape index (κ1) is 18.6. The molecule has 1 saturated heterocycles. The van der Waals surface area contributed by atoms with E-state index in [0.717, 1.165) is 51.1 Å². The summed E-state index contributed by atoms with van der Waals surface area (Å²) in [5, 5.41) is 8.98. The highest BCUT2D eigenvalue weighted by atomic mass is 16.2. The monoisotopic (exact) mass is 373 g/mol. The van der Waals surface area contributed by atoms with E-state index in [0.29, 0.717) is 11.5 Å².